The fourth-order valence-electron chi connectivity index (χ4n) is 4.23. The first-order valence-corrected chi connectivity index (χ1v) is 10.7. The lowest BCUT2D eigenvalue weighted by Gasteiger charge is -2.26. The van der Waals surface area contributed by atoms with E-state index >= 15 is 0 Å². The minimum Gasteiger partial charge on any atom is -0.501 e. The predicted molar refractivity (Wildman–Crippen MR) is 125 cm³/mol. The van der Waals surface area contributed by atoms with E-state index in [1.165, 1.54) is 24.1 Å². The summed E-state index contributed by atoms with van der Waals surface area (Å²) < 4.78 is 7.59. The summed E-state index contributed by atoms with van der Waals surface area (Å²) in [5.74, 6) is -2.31. The quantitative estimate of drug-likeness (QED) is 0.433. The molecule has 0 bridgehead atoms. The Morgan fingerprint density at radius 1 is 1.29 bits per heavy atom. The third-order valence-electron chi connectivity index (χ3n) is 5.87. The number of nitriles is 1. The van der Waals surface area contributed by atoms with Crippen LogP contribution in [0.3, 0.4) is 0 Å². The predicted octanol–water partition coefficient (Wildman–Crippen LogP) is 2.58. The van der Waals surface area contributed by atoms with E-state index < -0.39 is 34.7 Å². The third-order valence-corrected chi connectivity index (χ3v) is 5.87. The van der Waals surface area contributed by atoms with Crippen LogP contribution >= 0.6 is 0 Å². The number of aryl methyl sites for hydroxylation is 2. The number of carbonyl (C=O) groups is 1. The molecule has 0 spiro atoms. The van der Waals surface area contributed by atoms with Crippen molar-refractivity contribution in [2.45, 2.75) is 25.7 Å². The lowest BCUT2D eigenvalue weighted by atomic mass is 9.80. The van der Waals surface area contributed by atoms with Gasteiger partial charge in [0, 0.05) is 32.1 Å². The van der Waals surface area contributed by atoms with Crippen molar-refractivity contribution >= 4 is 11.6 Å². The van der Waals surface area contributed by atoms with Crippen LogP contribution in [0, 0.1) is 18.3 Å². The van der Waals surface area contributed by atoms with Crippen LogP contribution in [0.5, 0.6) is 5.75 Å². The van der Waals surface area contributed by atoms with Gasteiger partial charge in [-0.15, -0.1) is 0 Å². The first-order valence-electron chi connectivity index (χ1n) is 10.7. The summed E-state index contributed by atoms with van der Waals surface area (Å²) in [6.45, 7) is 3.76. The van der Waals surface area contributed by atoms with Crippen molar-refractivity contribution in [1.82, 2.24) is 24.5 Å². The summed E-state index contributed by atoms with van der Waals surface area (Å²) in [5, 5.41) is 30.8. The molecule has 4 aromatic rings. The van der Waals surface area contributed by atoms with Gasteiger partial charge in [-0.3, -0.25) is 18.8 Å². The number of nitrogens with zero attached hydrogens (tertiary/aromatic N) is 6. The van der Waals surface area contributed by atoms with Crippen LogP contribution in [0.25, 0.3) is 0 Å². The van der Waals surface area contributed by atoms with Gasteiger partial charge in [-0.1, -0.05) is 30.3 Å². The highest BCUT2D eigenvalue weighted by atomic mass is 16.5. The van der Waals surface area contributed by atoms with Gasteiger partial charge in [-0.05, 0) is 24.1 Å². The molecule has 0 radical (unpaired) electrons. The normalized spacial score (nSPS) is 12.7. The zero-order chi connectivity index (χ0) is 25.3. The molecule has 4 rings (SSSR count). The van der Waals surface area contributed by atoms with Crippen LogP contribution in [0.15, 0.2) is 52.2 Å². The van der Waals surface area contributed by atoms with E-state index in [4.69, 9.17) is 4.52 Å². The van der Waals surface area contributed by atoms with Crippen molar-refractivity contribution in [2.75, 3.05) is 5.32 Å². The van der Waals surface area contributed by atoms with Crippen molar-refractivity contribution in [3.05, 3.63) is 87.2 Å². The number of hydrogen-bond acceptors (Lipinski definition) is 8. The summed E-state index contributed by atoms with van der Waals surface area (Å²) in [7, 11) is 3.28. The Bertz CT molecular complexity index is 1500. The lowest BCUT2D eigenvalue weighted by molar-refractivity contribution is 0.101. The van der Waals surface area contributed by atoms with Crippen LogP contribution in [-0.4, -0.2) is 35.5 Å². The molecule has 0 aliphatic carbocycles. The Kier molecular flexibility index (Phi) is 6.20. The number of nitrogens with one attached hydrogen (secondary N) is 1. The molecule has 1 amide bonds. The van der Waals surface area contributed by atoms with E-state index in [1.54, 1.807) is 23.9 Å². The topological polar surface area (TPSA) is 152 Å². The van der Waals surface area contributed by atoms with Crippen molar-refractivity contribution in [1.29, 1.82) is 5.26 Å². The van der Waals surface area contributed by atoms with Gasteiger partial charge in [-0.25, -0.2) is 4.98 Å². The van der Waals surface area contributed by atoms with Crippen molar-refractivity contribution in [3.63, 3.8) is 0 Å². The number of carbonyl (C=O) groups excluding carboxylic acids is 1. The molecule has 1 aromatic carbocycles. The Morgan fingerprint density at radius 2 is 2.03 bits per heavy atom. The van der Waals surface area contributed by atoms with E-state index in [1.807, 2.05) is 32.2 Å². The largest absolute Gasteiger partial charge is 0.501 e. The lowest BCUT2D eigenvalue weighted by Crippen LogP contribution is -2.29. The first kappa shape index (κ1) is 23.4. The average Bonchev–Trinajstić information content (AvgIpc) is 3.47. The molecule has 0 saturated heterocycles. The van der Waals surface area contributed by atoms with Gasteiger partial charge in [-0.2, -0.15) is 10.4 Å². The number of anilines is 1. The number of amides is 1. The molecule has 3 aromatic heterocycles. The molecular weight excluding hydrogens is 450 g/mol. The summed E-state index contributed by atoms with van der Waals surface area (Å²) >= 11 is 0. The second kappa shape index (κ2) is 9.26. The van der Waals surface area contributed by atoms with E-state index in [9.17, 15) is 20.0 Å². The van der Waals surface area contributed by atoms with Crippen molar-refractivity contribution in [2.24, 2.45) is 14.1 Å². The maximum absolute atomic E-state index is 12.9. The van der Waals surface area contributed by atoms with Gasteiger partial charge in [0.1, 0.15) is 17.8 Å². The van der Waals surface area contributed by atoms with Crippen LogP contribution in [-0.2, 0) is 14.1 Å². The van der Waals surface area contributed by atoms with Crippen LogP contribution in [0.1, 0.15) is 57.5 Å². The fourth-order valence-corrected chi connectivity index (χ4v) is 4.23. The molecule has 2 N–H and O–H groups in total. The Labute approximate surface area is 200 Å². The van der Waals surface area contributed by atoms with Crippen LogP contribution < -0.4 is 10.9 Å². The van der Waals surface area contributed by atoms with Gasteiger partial charge >= 0.3 is 0 Å². The molecule has 0 fully saturated rings. The molecule has 0 aliphatic heterocycles. The second-order valence-electron chi connectivity index (χ2n) is 8.24. The Morgan fingerprint density at radius 3 is 2.66 bits per heavy atom. The summed E-state index contributed by atoms with van der Waals surface area (Å²) in [6, 6.07) is 9.38. The number of aromatic hydroxyl groups is 1. The molecule has 0 saturated carbocycles. The zero-order valence-corrected chi connectivity index (χ0v) is 19.6. The molecule has 178 valence electrons. The molecule has 35 heavy (non-hydrogen) atoms. The van der Waals surface area contributed by atoms with Crippen molar-refractivity contribution in [3.8, 4) is 11.8 Å². The SMILES string of the molecule is Cc1cn(C)nc1[C@@H](c1ccccc1C#N)[C@@H](C)c1nc(C(=O)Nc2cnoc2)c(O)c(=O)n1C. The standard InChI is InChI=1S/C24H23N7O4/c1-13-11-30(3)29-19(13)18(17-8-6-5-7-15(17)9-25)14(2)22-28-20(21(32)24(34)31(22)4)23(33)27-16-10-26-35-12-16/h5-8,10-12,14,18,32H,1-4H3,(H,27,33)/t14-,18-/m1/s1. The molecule has 0 aliphatic rings. The van der Waals surface area contributed by atoms with E-state index in [2.05, 4.69) is 26.6 Å². The number of hydrogen-bond donors (Lipinski definition) is 2. The minimum absolute atomic E-state index is 0.242. The highest BCUT2D eigenvalue weighted by Gasteiger charge is 2.33. The first-order chi connectivity index (χ1) is 16.7. The average molecular weight is 473 g/mol. The van der Waals surface area contributed by atoms with Gasteiger partial charge in [0.05, 0.1) is 23.5 Å². The minimum atomic E-state index is -0.792. The second-order valence-corrected chi connectivity index (χ2v) is 8.24. The number of rotatable bonds is 6. The highest BCUT2D eigenvalue weighted by Crippen LogP contribution is 2.39. The summed E-state index contributed by atoms with van der Waals surface area (Å²) in [5.41, 5.74) is 1.82. The van der Waals surface area contributed by atoms with E-state index in [-0.39, 0.29) is 11.5 Å². The molecule has 11 nitrogen and oxygen atoms in total. The molecule has 11 heteroatoms. The smallest absolute Gasteiger partial charge is 0.296 e. The molecule has 0 unspecified atom stereocenters. The summed E-state index contributed by atoms with van der Waals surface area (Å²) in [6.07, 6.45) is 4.35. The third kappa shape index (κ3) is 4.29. The number of aromatic nitrogens is 5. The van der Waals surface area contributed by atoms with Crippen molar-refractivity contribution < 1.29 is 14.4 Å². The van der Waals surface area contributed by atoms with Gasteiger partial charge in [0.15, 0.2) is 5.69 Å². The maximum Gasteiger partial charge on any atom is 0.296 e. The highest BCUT2D eigenvalue weighted by molar-refractivity contribution is 6.04. The Hall–Kier alpha value is -4.72. The van der Waals surface area contributed by atoms with Crippen LogP contribution in [0.4, 0.5) is 5.69 Å². The molecule has 3 heterocycles. The Balaban J connectivity index is 1.88. The maximum atomic E-state index is 12.9. The fraction of sp³-hybridized carbons (Fsp3) is 0.250. The van der Waals surface area contributed by atoms with Gasteiger partial charge in [0.25, 0.3) is 11.5 Å². The van der Waals surface area contributed by atoms with Gasteiger partial charge < -0.3 is 14.9 Å². The molecule has 2 atom stereocenters. The summed E-state index contributed by atoms with van der Waals surface area (Å²) in [4.78, 5) is 30.1. The zero-order valence-electron chi connectivity index (χ0n) is 19.6. The molecular formula is C24H23N7O4. The van der Waals surface area contributed by atoms with Gasteiger partial charge in [0.2, 0.25) is 5.75 Å². The number of benzene rings is 1. The van der Waals surface area contributed by atoms with Crippen LogP contribution in [0.2, 0.25) is 0 Å². The monoisotopic (exact) mass is 473 g/mol. The van der Waals surface area contributed by atoms with E-state index in [0.717, 1.165) is 5.56 Å². The van der Waals surface area contributed by atoms with E-state index in [0.29, 0.717) is 16.8 Å².